The predicted octanol–water partition coefficient (Wildman–Crippen LogP) is 6.85. The highest BCUT2D eigenvalue weighted by molar-refractivity contribution is 7.63. The van der Waals surface area contributed by atoms with Crippen molar-refractivity contribution in [2.75, 3.05) is 129 Å². The van der Waals surface area contributed by atoms with Crippen LogP contribution in [0.2, 0.25) is 0 Å². The lowest BCUT2D eigenvalue weighted by molar-refractivity contribution is 0.199. The molecule has 0 spiro atoms. The summed E-state index contributed by atoms with van der Waals surface area (Å²) in [5.41, 5.74) is 0. The van der Waals surface area contributed by atoms with Crippen LogP contribution in [0.15, 0.2) is 0 Å². The monoisotopic (exact) mass is 556 g/mol. The molecule has 1 heterocycles. The van der Waals surface area contributed by atoms with Crippen molar-refractivity contribution in [1.82, 2.24) is 0 Å². The van der Waals surface area contributed by atoms with Gasteiger partial charge in [0.05, 0.1) is 0 Å². The molecule has 8 heteroatoms. The summed E-state index contributed by atoms with van der Waals surface area (Å²) in [5.74, 6) is 0. The minimum absolute atomic E-state index is 0.190. The Hall–Kier alpha value is 1.56. The number of hydrogen-bond donors (Lipinski definition) is 0. The standard InChI is InChI=1S/C26H56O4P4/c1-27-11-5-15-31-19-9-20-33(17-7-13-29-3)25-26-34(18-8-14-30-4)22-10-21-32(24-23-31)16-6-12-28-2/h5-26H2,1-4H3. The van der Waals surface area contributed by atoms with Gasteiger partial charge in [-0.2, -0.15) is 0 Å². The minimum atomic E-state index is 0.190. The molecule has 0 aromatic heterocycles. The zero-order valence-corrected chi connectivity index (χ0v) is 26.6. The highest BCUT2D eigenvalue weighted by Gasteiger charge is 2.18. The van der Waals surface area contributed by atoms with E-state index in [1.54, 1.807) is 0 Å². The molecular weight excluding hydrogens is 500 g/mol. The van der Waals surface area contributed by atoms with E-state index in [-0.39, 0.29) is 31.7 Å². The fourth-order valence-electron chi connectivity index (χ4n) is 4.67. The van der Waals surface area contributed by atoms with Gasteiger partial charge in [-0.05, 0) is 112 Å². The Labute approximate surface area is 217 Å². The van der Waals surface area contributed by atoms with Gasteiger partial charge in [-0.15, -0.1) is 31.7 Å². The summed E-state index contributed by atoms with van der Waals surface area (Å²) in [6.45, 7) is 3.77. The number of methoxy groups -OCH3 is 4. The molecule has 0 aromatic carbocycles. The number of hydrogen-bond acceptors (Lipinski definition) is 4. The van der Waals surface area contributed by atoms with Crippen LogP contribution in [0.4, 0.5) is 0 Å². The van der Waals surface area contributed by atoms with E-state index < -0.39 is 0 Å². The SMILES string of the molecule is COCCCP1CCCP(CCCOC)CCP(CCCOC)CCCP(CCCOC)CC1. The summed E-state index contributed by atoms with van der Waals surface area (Å²) in [7, 11) is 8.18. The first-order chi connectivity index (χ1) is 16.7. The van der Waals surface area contributed by atoms with Crippen molar-refractivity contribution in [3.8, 4) is 0 Å². The molecule has 0 radical (unpaired) electrons. The van der Waals surface area contributed by atoms with Crippen molar-refractivity contribution in [3.05, 3.63) is 0 Å². The molecule has 1 fully saturated rings. The third-order valence-corrected chi connectivity index (χ3v) is 18.4. The van der Waals surface area contributed by atoms with Gasteiger partial charge in [0.2, 0.25) is 0 Å². The quantitative estimate of drug-likeness (QED) is 0.154. The maximum Gasteiger partial charge on any atom is 0.0465 e. The second-order valence-corrected chi connectivity index (χ2v) is 20.2. The molecule has 34 heavy (non-hydrogen) atoms. The van der Waals surface area contributed by atoms with E-state index in [1.165, 1.54) is 112 Å². The van der Waals surface area contributed by atoms with Gasteiger partial charge < -0.3 is 18.9 Å². The normalized spacial score (nSPS) is 25.8. The molecule has 1 saturated heterocycles. The van der Waals surface area contributed by atoms with Gasteiger partial charge in [-0.1, -0.05) is 0 Å². The maximum absolute atomic E-state index is 5.39. The Kier molecular flexibility index (Phi) is 24.6. The van der Waals surface area contributed by atoms with Crippen molar-refractivity contribution in [2.45, 2.75) is 38.5 Å². The molecule has 0 saturated carbocycles. The van der Waals surface area contributed by atoms with Crippen LogP contribution in [0.5, 0.6) is 0 Å². The lowest BCUT2D eigenvalue weighted by atomic mass is 10.5. The molecule has 0 aliphatic carbocycles. The number of rotatable bonds is 16. The van der Waals surface area contributed by atoms with Crippen molar-refractivity contribution in [1.29, 1.82) is 0 Å². The topological polar surface area (TPSA) is 36.9 Å². The largest absolute Gasteiger partial charge is 0.385 e. The van der Waals surface area contributed by atoms with Gasteiger partial charge in [-0.25, -0.2) is 0 Å². The first-order valence-electron chi connectivity index (χ1n) is 13.6. The Morgan fingerprint density at radius 3 is 0.824 bits per heavy atom. The van der Waals surface area contributed by atoms with Crippen LogP contribution in [-0.2, 0) is 18.9 Å². The molecule has 0 bridgehead atoms. The second kappa shape index (κ2) is 24.9. The van der Waals surface area contributed by atoms with Crippen molar-refractivity contribution in [2.24, 2.45) is 0 Å². The van der Waals surface area contributed by atoms with Gasteiger partial charge in [-0.3, -0.25) is 0 Å². The second-order valence-electron chi connectivity index (χ2n) is 9.46. The minimum Gasteiger partial charge on any atom is -0.385 e. The smallest absolute Gasteiger partial charge is 0.0465 e. The van der Waals surface area contributed by atoms with E-state index in [0.29, 0.717) is 0 Å². The van der Waals surface area contributed by atoms with Crippen LogP contribution in [0, 0.1) is 0 Å². The van der Waals surface area contributed by atoms with Crippen LogP contribution in [-0.4, -0.2) is 129 Å². The Bertz CT molecular complexity index is 360. The summed E-state index contributed by atoms with van der Waals surface area (Å²) in [4.78, 5) is 0. The third-order valence-electron chi connectivity index (χ3n) is 6.65. The molecule has 4 unspecified atom stereocenters. The molecule has 4 nitrogen and oxygen atoms in total. The third kappa shape index (κ3) is 18.8. The Morgan fingerprint density at radius 2 is 0.618 bits per heavy atom. The van der Waals surface area contributed by atoms with Gasteiger partial charge in [0, 0.05) is 54.9 Å². The summed E-state index contributed by atoms with van der Waals surface area (Å²) >= 11 is 0. The lowest BCUT2D eigenvalue weighted by Crippen LogP contribution is -2.10. The fourth-order valence-corrected chi connectivity index (χ4v) is 17.1. The fraction of sp³-hybridized carbons (Fsp3) is 1.00. The van der Waals surface area contributed by atoms with E-state index in [4.69, 9.17) is 18.9 Å². The van der Waals surface area contributed by atoms with Crippen LogP contribution in [0.3, 0.4) is 0 Å². The van der Waals surface area contributed by atoms with E-state index in [0.717, 1.165) is 26.4 Å². The molecule has 4 atom stereocenters. The average molecular weight is 557 g/mol. The average Bonchev–Trinajstić information content (AvgIpc) is 2.84. The lowest BCUT2D eigenvalue weighted by Gasteiger charge is -2.27. The van der Waals surface area contributed by atoms with Crippen molar-refractivity contribution >= 4 is 31.7 Å². The molecule has 0 amide bonds. The van der Waals surface area contributed by atoms with Gasteiger partial charge in [0.25, 0.3) is 0 Å². The molecule has 204 valence electrons. The first kappa shape index (κ1) is 33.6. The van der Waals surface area contributed by atoms with E-state index in [2.05, 4.69) is 0 Å². The van der Waals surface area contributed by atoms with Crippen molar-refractivity contribution in [3.63, 3.8) is 0 Å². The molecule has 0 N–H and O–H groups in total. The van der Waals surface area contributed by atoms with Crippen molar-refractivity contribution < 1.29 is 18.9 Å². The summed E-state index contributed by atoms with van der Waals surface area (Å²) < 4.78 is 21.6. The summed E-state index contributed by atoms with van der Waals surface area (Å²) in [6, 6.07) is 0. The molecule has 0 aromatic rings. The molecular formula is C26H56O4P4. The number of ether oxygens (including phenoxy) is 4. The zero-order valence-electron chi connectivity index (χ0n) is 23.0. The first-order valence-corrected chi connectivity index (χ1v) is 21.2. The molecule has 1 aliphatic heterocycles. The van der Waals surface area contributed by atoms with E-state index in [1.807, 2.05) is 28.4 Å². The maximum atomic E-state index is 5.39. The van der Waals surface area contributed by atoms with E-state index >= 15 is 0 Å². The predicted molar refractivity (Wildman–Crippen MR) is 161 cm³/mol. The molecule has 1 rings (SSSR count). The van der Waals surface area contributed by atoms with Gasteiger partial charge in [0.15, 0.2) is 0 Å². The summed E-state index contributed by atoms with van der Waals surface area (Å²) in [5, 5.41) is 0. The van der Waals surface area contributed by atoms with Crippen LogP contribution in [0.25, 0.3) is 0 Å². The van der Waals surface area contributed by atoms with Gasteiger partial charge >= 0.3 is 0 Å². The van der Waals surface area contributed by atoms with Crippen LogP contribution < -0.4 is 0 Å². The highest BCUT2D eigenvalue weighted by Crippen LogP contribution is 2.49. The Balaban J connectivity index is 2.76. The Morgan fingerprint density at radius 1 is 0.382 bits per heavy atom. The zero-order chi connectivity index (χ0) is 24.7. The molecule has 1 aliphatic rings. The van der Waals surface area contributed by atoms with Crippen LogP contribution in [0.1, 0.15) is 38.5 Å². The van der Waals surface area contributed by atoms with Crippen LogP contribution >= 0.6 is 31.7 Å². The summed E-state index contributed by atoms with van der Waals surface area (Å²) in [6.07, 6.45) is 25.8. The van der Waals surface area contributed by atoms with E-state index in [9.17, 15) is 0 Å². The van der Waals surface area contributed by atoms with Gasteiger partial charge in [0.1, 0.15) is 0 Å². The highest BCUT2D eigenvalue weighted by atomic mass is 31.1.